The topological polar surface area (TPSA) is 95.9 Å². The number of hydrogen-bond acceptors (Lipinski definition) is 8. The van der Waals surface area contributed by atoms with E-state index < -0.39 is 5.97 Å². The lowest BCUT2D eigenvalue weighted by atomic mass is 10.2. The minimum atomic E-state index is -0.406. The summed E-state index contributed by atoms with van der Waals surface area (Å²) in [6.45, 7) is 4.71. The second-order valence-electron chi connectivity index (χ2n) is 5.97. The molecule has 142 valence electrons. The summed E-state index contributed by atoms with van der Waals surface area (Å²) in [6, 6.07) is 9.21. The van der Waals surface area contributed by atoms with Gasteiger partial charge in [-0.05, 0) is 35.9 Å². The standard InChI is InChI=1S/C18H21N5O3S/c1-3-4-9-23-17(19-21-22-23)11-25-18(24)15-7-5-6-8-16(15)27-12-14-10-13(2)20-26-14/h5-8,10H,3-4,9,11-12H2,1-2H3. The molecule has 3 rings (SSSR count). The summed E-state index contributed by atoms with van der Waals surface area (Å²) in [6.07, 6.45) is 2.00. The molecule has 0 radical (unpaired) electrons. The largest absolute Gasteiger partial charge is 0.454 e. The summed E-state index contributed by atoms with van der Waals surface area (Å²) >= 11 is 1.50. The van der Waals surface area contributed by atoms with Gasteiger partial charge in [-0.1, -0.05) is 30.6 Å². The van der Waals surface area contributed by atoms with E-state index in [0.29, 0.717) is 23.7 Å². The van der Waals surface area contributed by atoms with Crippen LogP contribution in [0.15, 0.2) is 39.8 Å². The van der Waals surface area contributed by atoms with Crippen molar-refractivity contribution in [3.8, 4) is 0 Å². The highest BCUT2D eigenvalue weighted by Crippen LogP contribution is 2.27. The molecule has 0 fully saturated rings. The van der Waals surface area contributed by atoms with E-state index in [1.807, 2.05) is 31.2 Å². The molecule has 0 amide bonds. The Morgan fingerprint density at radius 1 is 1.33 bits per heavy atom. The highest BCUT2D eigenvalue weighted by Gasteiger charge is 2.16. The van der Waals surface area contributed by atoms with Crippen LogP contribution in [-0.4, -0.2) is 31.3 Å². The van der Waals surface area contributed by atoms with Crippen LogP contribution in [0.5, 0.6) is 0 Å². The van der Waals surface area contributed by atoms with Crippen LogP contribution in [0.2, 0.25) is 0 Å². The molecule has 0 unspecified atom stereocenters. The van der Waals surface area contributed by atoms with Crippen molar-refractivity contribution < 1.29 is 14.1 Å². The number of benzene rings is 1. The van der Waals surface area contributed by atoms with Crippen molar-refractivity contribution in [2.45, 2.75) is 50.5 Å². The molecule has 2 aromatic heterocycles. The summed E-state index contributed by atoms with van der Waals surface area (Å²) in [5.74, 6) is 1.48. The third-order valence-corrected chi connectivity index (χ3v) is 4.91. The van der Waals surface area contributed by atoms with E-state index in [9.17, 15) is 4.79 Å². The number of tetrazole rings is 1. The van der Waals surface area contributed by atoms with Crippen molar-refractivity contribution in [1.82, 2.24) is 25.4 Å². The van der Waals surface area contributed by atoms with E-state index in [1.165, 1.54) is 11.8 Å². The van der Waals surface area contributed by atoms with Gasteiger partial charge in [0.1, 0.15) is 5.76 Å². The number of esters is 1. The smallest absolute Gasteiger partial charge is 0.339 e. The maximum atomic E-state index is 12.6. The molecule has 0 spiro atoms. The monoisotopic (exact) mass is 387 g/mol. The fourth-order valence-electron chi connectivity index (χ4n) is 2.41. The quantitative estimate of drug-likeness (QED) is 0.407. The van der Waals surface area contributed by atoms with E-state index in [0.717, 1.165) is 29.2 Å². The van der Waals surface area contributed by atoms with Crippen LogP contribution in [0, 0.1) is 6.92 Å². The summed E-state index contributed by atoms with van der Waals surface area (Å²) in [7, 11) is 0. The van der Waals surface area contributed by atoms with Crippen LogP contribution in [-0.2, 0) is 23.6 Å². The summed E-state index contributed by atoms with van der Waals surface area (Å²) < 4.78 is 12.3. The van der Waals surface area contributed by atoms with Gasteiger partial charge in [0.2, 0.25) is 0 Å². The number of aromatic nitrogens is 5. The van der Waals surface area contributed by atoms with Crippen molar-refractivity contribution >= 4 is 17.7 Å². The predicted octanol–water partition coefficient (Wildman–Crippen LogP) is 3.42. The van der Waals surface area contributed by atoms with Crippen molar-refractivity contribution in [2.75, 3.05) is 0 Å². The Bertz CT molecular complexity index is 893. The molecule has 27 heavy (non-hydrogen) atoms. The maximum absolute atomic E-state index is 12.6. The van der Waals surface area contributed by atoms with Crippen LogP contribution in [0.3, 0.4) is 0 Å². The Kier molecular flexibility index (Phi) is 6.59. The average Bonchev–Trinajstić information content (AvgIpc) is 3.31. The summed E-state index contributed by atoms with van der Waals surface area (Å²) in [5.41, 5.74) is 1.34. The molecule has 0 atom stereocenters. The van der Waals surface area contributed by atoms with E-state index in [-0.39, 0.29) is 6.61 Å². The SMILES string of the molecule is CCCCn1nnnc1COC(=O)c1ccccc1SCc1cc(C)no1. The number of ether oxygens (including phenoxy) is 1. The molecule has 0 N–H and O–H groups in total. The van der Waals surface area contributed by atoms with Gasteiger partial charge in [-0.3, -0.25) is 0 Å². The average molecular weight is 387 g/mol. The van der Waals surface area contributed by atoms with E-state index in [1.54, 1.807) is 10.7 Å². The van der Waals surface area contributed by atoms with Crippen molar-refractivity contribution in [3.63, 3.8) is 0 Å². The molecule has 0 aliphatic heterocycles. The first-order valence-corrected chi connectivity index (χ1v) is 9.72. The second-order valence-corrected chi connectivity index (χ2v) is 6.98. The second kappa shape index (κ2) is 9.31. The Labute approximate surface area is 161 Å². The van der Waals surface area contributed by atoms with Crippen LogP contribution in [0.25, 0.3) is 0 Å². The first kappa shape index (κ1) is 19.1. The summed E-state index contributed by atoms with van der Waals surface area (Å²) in [5, 5.41) is 15.4. The zero-order chi connectivity index (χ0) is 19.1. The Morgan fingerprint density at radius 3 is 2.96 bits per heavy atom. The van der Waals surface area contributed by atoms with Crippen molar-refractivity contribution in [1.29, 1.82) is 0 Å². The highest BCUT2D eigenvalue weighted by atomic mass is 32.2. The van der Waals surface area contributed by atoms with Crippen molar-refractivity contribution in [3.05, 3.63) is 53.2 Å². The fourth-order valence-corrected chi connectivity index (χ4v) is 3.33. The van der Waals surface area contributed by atoms with Crippen LogP contribution in [0.1, 0.15) is 47.4 Å². The maximum Gasteiger partial charge on any atom is 0.339 e. The molecule has 0 saturated heterocycles. The normalized spacial score (nSPS) is 10.9. The summed E-state index contributed by atoms with van der Waals surface area (Å²) in [4.78, 5) is 13.4. The third kappa shape index (κ3) is 5.16. The molecule has 2 heterocycles. The van der Waals surface area contributed by atoms with Crippen LogP contribution < -0.4 is 0 Å². The number of nitrogens with zero attached hydrogens (tertiary/aromatic N) is 5. The minimum absolute atomic E-state index is 0.0375. The molecule has 1 aromatic carbocycles. The Hall–Kier alpha value is -2.68. The van der Waals surface area contributed by atoms with E-state index in [2.05, 4.69) is 27.6 Å². The lowest BCUT2D eigenvalue weighted by Crippen LogP contribution is -2.11. The molecular weight excluding hydrogens is 366 g/mol. The molecule has 0 aliphatic carbocycles. The zero-order valence-electron chi connectivity index (χ0n) is 15.3. The number of thioether (sulfide) groups is 1. The van der Waals surface area contributed by atoms with Gasteiger partial charge in [0.05, 0.1) is 17.0 Å². The molecule has 9 heteroatoms. The van der Waals surface area contributed by atoms with Crippen LogP contribution in [0.4, 0.5) is 0 Å². The number of unbranched alkanes of at least 4 members (excludes halogenated alkanes) is 1. The number of aryl methyl sites for hydroxylation is 2. The molecule has 0 bridgehead atoms. The first-order valence-electron chi connectivity index (χ1n) is 8.73. The molecule has 3 aromatic rings. The molecule has 0 saturated carbocycles. The van der Waals surface area contributed by atoms with E-state index >= 15 is 0 Å². The van der Waals surface area contributed by atoms with Gasteiger partial charge in [0.25, 0.3) is 0 Å². The highest BCUT2D eigenvalue weighted by molar-refractivity contribution is 7.98. The lowest BCUT2D eigenvalue weighted by molar-refractivity contribution is 0.0452. The number of carbonyl (C=O) groups excluding carboxylic acids is 1. The van der Waals surface area contributed by atoms with Gasteiger partial charge in [-0.2, -0.15) is 0 Å². The molecule has 0 aliphatic rings. The Balaban J connectivity index is 1.62. The number of carbonyl (C=O) groups is 1. The minimum Gasteiger partial charge on any atom is -0.454 e. The van der Waals surface area contributed by atoms with Gasteiger partial charge in [0, 0.05) is 17.5 Å². The van der Waals surface area contributed by atoms with Gasteiger partial charge in [0.15, 0.2) is 12.4 Å². The zero-order valence-corrected chi connectivity index (χ0v) is 16.1. The Morgan fingerprint density at radius 2 is 2.19 bits per heavy atom. The van der Waals surface area contributed by atoms with Crippen molar-refractivity contribution in [2.24, 2.45) is 0 Å². The predicted molar refractivity (Wildman–Crippen MR) is 99.1 cm³/mol. The van der Waals surface area contributed by atoms with Crippen LogP contribution >= 0.6 is 11.8 Å². The van der Waals surface area contributed by atoms with Gasteiger partial charge in [-0.25, -0.2) is 9.48 Å². The third-order valence-electron chi connectivity index (χ3n) is 3.82. The van der Waals surface area contributed by atoms with Gasteiger partial charge < -0.3 is 9.26 Å². The molecule has 8 nitrogen and oxygen atoms in total. The number of hydrogen-bond donors (Lipinski definition) is 0. The molecular formula is C18H21N5O3S. The first-order chi connectivity index (χ1) is 13.2. The lowest BCUT2D eigenvalue weighted by Gasteiger charge is -2.09. The van der Waals surface area contributed by atoms with Gasteiger partial charge in [-0.15, -0.1) is 16.9 Å². The van der Waals surface area contributed by atoms with E-state index in [4.69, 9.17) is 9.26 Å². The van der Waals surface area contributed by atoms with Gasteiger partial charge >= 0.3 is 5.97 Å². The number of rotatable bonds is 9. The fraction of sp³-hybridized carbons (Fsp3) is 0.389.